The number of likely N-dealkylation sites (tertiary alicyclic amines) is 1. The second-order valence-corrected chi connectivity index (χ2v) is 12.3. The summed E-state index contributed by atoms with van der Waals surface area (Å²) in [5, 5.41) is 22.6. The summed E-state index contributed by atoms with van der Waals surface area (Å²) in [6, 6.07) is 16.6. The van der Waals surface area contributed by atoms with E-state index in [1.54, 1.807) is 7.11 Å². The van der Waals surface area contributed by atoms with Gasteiger partial charge in [0.15, 0.2) is 5.83 Å². The fourth-order valence-corrected chi connectivity index (χ4v) is 7.21. The molecule has 0 saturated carbocycles. The van der Waals surface area contributed by atoms with Crippen LogP contribution >= 0.6 is 0 Å². The van der Waals surface area contributed by atoms with E-state index in [4.69, 9.17) is 14.5 Å². The number of likely N-dealkylation sites (N-methyl/N-ethyl adjacent to an activating group) is 1. The summed E-state index contributed by atoms with van der Waals surface area (Å²) in [6.45, 7) is 8.64. The first kappa shape index (κ1) is 31.3. The number of aromatic nitrogens is 1. The molecule has 4 heterocycles. The summed E-state index contributed by atoms with van der Waals surface area (Å²) in [4.78, 5) is 25.5. The zero-order chi connectivity index (χ0) is 32.5. The van der Waals surface area contributed by atoms with Crippen molar-refractivity contribution in [1.82, 2.24) is 14.8 Å². The van der Waals surface area contributed by atoms with Gasteiger partial charge in [0.1, 0.15) is 23.8 Å². The molecule has 2 aromatic carbocycles. The normalized spacial score (nSPS) is 21.5. The van der Waals surface area contributed by atoms with Crippen LogP contribution in [-0.4, -0.2) is 92.4 Å². The molecule has 2 saturated heterocycles. The molecule has 3 aliphatic heterocycles. The summed E-state index contributed by atoms with van der Waals surface area (Å²) < 4.78 is 26.2. The van der Waals surface area contributed by atoms with Gasteiger partial charge in [-0.25, -0.2) is 9.37 Å². The third-order valence-corrected chi connectivity index (χ3v) is 9.42. The molecule has 46 heavy (non-hydrogen) atoms. The highest BCUT2D eigenvalue weighted by Gasteiger charge is 2.38. The number of piperazine rings is 1. The molecule has 0 aliphatic carbocycles. The van der Waals surface area contributed by atoms with E-state index >= 15 is 0 Å². The first-order valence-corrected chi connectivity index (χ1v) is 15.6. The number of nitrogens with zero attached hydrogens (tertiary/aromatic N) is 7. The Morgan fingerprint density at radius 2 is 1.85 bits per heavy atom. The quantitative estimate of drug-likeness (QED) is 0.360. The Morgan fingerprint density at radius 1 is 1.09 bits per heavy atom. The van der Waals surface area contributed by atoms with Gasteiger partial charge in [-0.2, -0.15) is 10.5 Å². The molecule has 3 atom stereocenters. The minimum Gasteiger partial charge on any atom is -0.469 e. The Bertz CT molecular complexity index is 1760. The number of halogens is 1. The first-order chi connectivity index (χ1) is 22.2. The van der Waals surface area contributed by atoms with Crippen molar-refractivity contribution in [3.8, 4) is 18.0 Å². The Hall–Kier alpha value is -4.71. The van der Waals surface area contributed by atoms with E-state index in [9.17, 15) is 19.7 Å². The van der Waals surface area contributed by atoms with Crippen molar-refractivity contribution in [3.63, 3.8) is 0 Å². The van der Waals surface area contributed by atoms with Crippen LogP contribution in [0.15, 0.2) is 48.8 Å². The van der Waals surface area contributed by atoms with E-state index in [0.29, 0.717) is 50.4 Å². The first-order valence-electron chi connectivity index (χ1n) is 15.6. The van der Waals surface area contributed by atoms with Gasteiger partial charge in [-0.1, -0.05) is 36.9 Å². The van der Waals surface area contributed by atoms with Gasteiger partial charge in [-0.05, 0) is 37.4 Å². The van der Waals surface area contributed by atoms with Gasteiger partial charge in [0.25, 0.3) is 5.91 Å². The standard InChI is InChI=1S/C35H38FN7O3/c1-22-7-5-8-24-9-6-10-29(32(22)24)41-14-12-26-28(19-41)39-34(46-31-21-40(3)20-30(31)45-4)27(17-38)33(26)42-15-16-43(35(44)23(2)36)25(18-42)11-13-37/h5-10,25,30-31H,2,11-12,14-16,18-21H2,1,3-4H3/t25?,30-,31-/m1/s1. The monoisotopic (exact) mass is 623 g/mol. The van der Waals surface area contributed by atoms with Crippen molar-refractivity contribution in [3.05, 3.63) is 71.2 Å². The van der Waals surface area contributed by atoms with Gasteiger partial charge in [0.2, 0.25) is 5.88 Å². The molecule has 6 rings (SSSR count). The van der Waals surface area contributed by atoms with Crippen LogP contribution in [0, 0.1) is 29.6 Å². The van der Waals surface area contributed by atoms with Crippen molar-refractivity contribution in [2.75, 3.05) is 63.2 Å². The number of benzene rings is 2. The van der Waals surface area contributed by atoms with E-state index in [-0.39, 0.29) is 37.6 Å². The number of methoxy groups -OCH3 is 1. The Kier molecular flexibility index (Phi) is 8.81. The number of fused-ring (bicyclic) bond motifs is 2. The lowest BCUT2D eigenvalue weighted by Gasteiger charge is -2.43. The molecular weight excluding hydrogens is 585 g/mol. The van der Waals surface area contributed by atoms with Crippen LogP contribution < -0.4 is 14.5 Å². The summed E-state index contributed by atoms with van der Waals surface area (Å²) >= 11 is 0. The molecule has 0 bridgehead atoms. The van der Waals surface area contributed by atoms with Crippen LogP contribution in [-0.2, 0) is 22.5 Å². The Morgan fingerprint density at radius 3 is 2.57 bits per heavy atom. The lowest BCUT2D eigenvalue weighted by Crippen LogP contribution is -2.55. The lowest BCUT2D eigenvalue weighted by atomic mass is 9.95. The van der Waals surface area contributed by atoms with Gasteiger partial charge < -0.3 is 24.2 Å². The number of anilines is 2. The number of hydrogen-bond acceptors (Lipinski definition) is 9. The second kappa shape index (κ2) is 13.0. The number of amides is 1. The number of rotatable bonds is 7. The molecule has 0 N–H and O–H groups in total. The molecule has 3 aliphatic rings. The van der Waals surface area contributed by atoms with Crippen molar-refractivity contribution in [2.45, 2.75) is 44.6 Å². The van der Waals surface area contributed by atoms with E-state index in [0.717, 1.165) is 16.9 Å². The summed E-state index contributed by atoms with van der Waals surface area (Å²) in [6.07, 6.45) is 0.144. The van der Waals surface area contributed by atoms with Crippen LogP contribution in [0.25, 0.3) is 10.8 Å². The third-order valence-electron chi connectivity index (χ3n) is 9.42. The highest BCUT2D eigenvalue weighted by Crippen LogP contribution is 2.40. The maximum atomic E-state index is 13.9. The van der Waals surface area contributed by atoms with E-state index < -0.39 is 17.8 Å². The largest absolute Gasteiger partial charge is 0.469 e. The molecular formula is C35H38FN7O3. The van der Waals surface area contributed by atoms with Crippen LogP contribution in [0.3, 0.4) is 0 Å². The summed E-state index contributed by atoms with van der Waals surface area (Å²) in [5.41, 5.74) is 5.12. The van der Waals surface area contributed by atoms with Crippen molar-refractivity contribution >= 4 is 28.1 Å². The number of aryl methyl sites for hydroxylation is 1. The molecule has 0 radical (unpaired) electrons. The fourth-order valence-electron chi connectivity index (χ4n) is 7.21. The second-order valence-electron chi connectivity index (χ2n) is 12.3. The van der Waals surface area contributed by atoms with E-state index in [2.05, 4.69) is 71.8 Å². The number of pyridine rings is 1. The molecule has 2 fully saturated rings. The van der Waals surface area contributed by atoms with Gasteiger partial charge in [-0.15, -0.1) is 0 Å². The molecule has 0 spiro atoms. The highest BCUT2D eigenvalue weighted by molar-refractivity contribution is 5.97. The topological polar surface area (TPSA) is 109 Å². The van der Waals surface area contributed by atoms with Crippen LogP contribution in [0.4, 0.5) is 15.8 Å². The molecule has 1 aromatic heterocycles. The van der Waals surface area contributed by atoms with Gasteiger partial charge in [-0.3, -0.25) is 9.69 Å². The van der Waals surface area contributed by atoms with Crippen LogP contribution in [0.1, 0.15) is 28.8 Å². The molecule has 1 amide bonds. The average Bonchev–Trinajstić information content (AvgIpc) is 3.42. The number of carbonyl (C=O) groups excluding carboxylic acids is 1. The Labute approximate surface area is 268 Å². The smallest absolute Gasteiger partial charge is 0.282 e. The minimum absolute atomic E-state index is 0.0200. The highest BCUT2D eigenvalue weighted by atomic mass is 19.1. The minimum atomic E-state index is -1.05. The van der Waals surface area contributed by atoms with Gasteiger partial charge in [0.05, 0.1) is 36.5 Å². The number of nitriles is 2. The fraction of sp³-hybridized carbons (Fsp3) is 0.429. The maximum Gasteiger partial charge on any atom is 0.282 e. The molecule has 11 heteroatoms. The number of hydrogen-bond donors (Lipinski definition) is 0. The molecule has 238 valence electrons. The van der Waals surface area contributed by atoms with Crippen LogP contribution in [0.2, 0.25) is 0 Å². The summed E-state index contributed by atoms with van der Waals surface area (Å²) in [7, 11) is 3.65. The average molecular weight is 624 g/mol. The van der Waals surface area contributed by atoms with E-state index in [1.165, 1.54) is 21.2 Å². The van der Waals surface area contributed by atoms with Crippen molar-refractivity contribution in [2.24, 2.45) is 0 Å². The maximum absolute atomic E-state index is 13.9. The Balaban J connectivity index is 1.43. The van der Waals surface area contributed by atoms with Gasteiger partial charge in [0, 0.05) is 63.0 Å². The van der Waals surface area contributed by atoms with E-state index in [1.807, 2.05) is 11.9 Å². The zero-order valence-corrected chi connectivity index (χ0v) is 26.5. The zero-order valence-electron chi connectivity index (χ0n) is 26.5. The summed E-state index contributed by atoms with van der Waals surface area (Å²) in [5.74, 6) is -1.61. The predicted octanol–water partition coefficient (Wildman–Crippen LogP) is 4.10. The molecule has 1 unspecified atom stereocenters. The van der Waals surface area contributed by atoms with Gasteiger partial charge >= 0.3 is 0 Å². The third kappa shape index (κ3) is 5.73. The predicted molar refractivity (Wildman–Crippen MR) is 173 cm³/mol. The van der Waals surface area contributed by atoms with Crippen molar-refractivity contribution in [1.29, 1.82) is 10.5 Å². The van der Waals surface area contributed by atoms with Crippen molar-refractivity contribution < 1.29 is 18.7 Å². The number of carbonyl (C=O) groups is 1. The van der Waals surface area contributed by atoms with Crippen LogP contribution in [0.5, 0.6) is 5.88 Å². The molecule has 3 aromatic rings. The SMILES string of the molecule is C=C(F)C(=O)N1CCN(c2c(C#N)c(O[C@@H]3CN(C)C[C@H]3OC)nc3c2CCN(c2cccc4cccc(C)c24)C3)CC1CC#N. The lowest BCUT2D eigenvalue weighted by molar-refractivity contribution is -0.131. The number of ether oxygens (including phenoxy) is 2. The molecule has 10 nitrogen and oxygen atoms in total.